The van der Waals surface area contributed by atoms with Crippen molar-refractivity contribution in [3.05, 3.63) is 113 Å². The van der Waals surface area contributed by atoms with Crippen molar-refractivity contribution < 1.29 is 14.3 Å². The van der Waals surface area contributed by atoms with E-state index in [1.54, 1.807) is 24.3 Å². The van der Waals surface area contributed by atoms with Gasteiger partial charge in [-0.15, -0.1) is 0 Å². The molecule has 0 bridgehead atoms. The van der Waals surface area contributed by atoms with E-state index in [0.717, 1.165) is 15.6 Å². The Morgan fingerprint density at radius 2 is 1.38 bits per heavy atom. The first-order valence-corrected chi connectivity index (χ1v) is 12.8. The average Bonchev–Trinajstić information content (AvgIpc) is 2.89. The van der Waals surface area contributed by atoms with Gasteiger partial charge < -0.3 is 15.4 Å². The van der Waals surface area contributed by atoms with E-state index in [4.69, 9.17) is 4.74 Å². The standard InChI is InChI=1S/C31H29BrN2O3/c1-31(2,3)24-12-9-22(10-13-24)30(36)34-26-16-14-25(15-17-26)33-29(35)20-37-28-18-11-23(19-27(28)32)21-7-5-4-6-8-21/h4-19H,20H2,1-3H3,(H,33,35)(H,34,36). The number of hydrogen-bond acceptors (Lipinski definition) is 3. The molecule has 0 atom stereocenters. The topological polar surface area (TPSA) is 67.4 Å². The maximum absolute atomic E-state index is 12.6. The molecule has 0 spiro atoms. The molecule has 0 aliphatic rings. The second-order valence-corrected chi connectivity index (χ2v) is 10.6. The molecule has 0 aliphatic carbocycles. The Kier molecular flexibility index (Phi) is 8.09. The number of amides is 2. The summed E-state index contributed by atoms with van der Waals surface area (Å²) >= 11 is 3.53. The molecule has 0 radical (unpaired) electrons. The minimum atomic E-state index is -0.283. The Labute approximate surface area is 226 Å². The number of anilines is 2. The average molecular weight is 557 g/mol. The number of ether oxygens (including phenoxy) is 1. The van der Waals surface area contributed by atoms with Crippen molar-refractivity contribution in [1.82, 2.24) is 0 Å². The van der Waals surface area contributed by atoms with Gasteiger partial charge in [0.15, 0.2) is 6.61 Å². The lowest BCUT2D eigenvalue weighted by Gasteiger charge is -2.19. The van der Waals surface area contributed by atoms with Crippen molar-refractivity contribution in [2.24, 2.45) is 0 Å². The summed E-state index contributed by atoms with van der Waals surface area (Å²) in [6.07, 6.45) is 0. The van der Waals surface area contributed by atoms with Crippen LogP contribution in [-0.2, 0) is 10.2 Å². The first-order chi connectivity index (χ1) is 17.7. The Morgan fingerprint density at radius 3 is 1.97 bits per heavy atom. The molecule has 2 N–H and O–H groups in total. The maximum Gasteiger partial charge on any atom is 0.262 e. The second kappa shape index (κ2) is 11.4. The third kappa shape index (κ3) is 7.08. The highest BCUT2D eigenvalue weighted by molar-refractivity contribution is 9.10. The third-order valence-electron chi connectivity index (χ3n) is 5.84. The third-order valence-corrected chi connectivity index (χ3v) is 6.46. The van der Waals surface area contributed by atoms with Crippen molar-refractivity contribution in [3.63, 3.8) is 0 Å². The van der Waals surface area contributed by atoms with Gasteiger partial charge in [0.1, 0.15) is 5.75 Å². The van der Waals surface area contributed by atoms with E-state index in [1.807, 2.05) is 72.8 Å². The molecule has 188 valence electrons. The number of halogens is 1. The lowest BCUT2D eigenvalue weighted by atomic mass is 9.87. The zero-order valence-corrected chi connectivity index (χ0v) is 22.6. The van der Waals surface area contributed by atoms with Crippen molar-refractivity contribution in [3.8, 4) is 16.9 Å². The summed E-state index contributed by atoms with van der Waals surface area (Å²) < 4.78 is 6.47. The Hall–Kier alpha value is -3.90. The van der Waals surface area contributed by atoms with Crippen LogP contribution >= 0.6 is 15.9 Å². The van der Waals surface area contributed by atoms with Gasteiger partial charge in [0.2, 0.25) is 0 Å². The molecule has 2 amide bonds. The van der Waals surface area contributed by atoms with Crippen molar-refractivity contribution >= 4 is 39.1 Å². The number of carbonyl (C=O) groups excluding carboxylic acids is 2. The van der Waals surface area contributed by atoms with Gasteiger partial charge in [-0.1, -0.05) is 69.3 Å². The van der Waals surface area contributed by atoms with Gasteiger partial charge in [0, 0.05) is 16.9 Å². The summed E-state index contributed by atoms with van der Waals surface area (Å²) in [5, 5.41) is 5.69. The Balaban J connectivity index is 1.29. The lowest BCUT2D eigenvalue weighted by Crippen LogP contribution is -2.20. The van der Waals surface area contributed by atoms with Gasteiger partial charge in [-0.25, -0.2) is 0 Å². The molecule has 0 aromatic heterocycles. The summed E-state index contributed by atoms with van der Waals surface area (Å²) in [6, 6.07) is 30.4. The molecular weight excluding hydrogens is 528 g/mol. The van der Waals surface area contributed by atoms with Crippen LogP contribution in [0.1, 0.15) is 36.7 Å². The first kappa shape index (κ1) is 26.2. The van der Waals surface area contributed by atoms with Crippen LogP contribution in [0.5, 0.6) is 5.75 Å². The van der Waals surface area contributed by atoms with Crippen LogP contribution in [0.3, 0.4) is 0 Å². The maximum atomic E-state index is 12.6. The highest BCUT2D eigenvalue weighted by atomic mass is 79.9. The van der Waals surface area contributed by atoms with Crippen LogP contribution in [0.4, 0.5) is 11.4 Å². The van der Waals surface area contributed by atoms with Crippen LogP contribution in [0.25, 0.3) is 11.1 Å². The molecule has 4 aromatic carbocycles. The fourth-order valence-corrected chi connectivity index (χ4v) is 4.22. The normalized spacial score (nSPS) is 11.0. The van der Waals surface area contributed by atoms with E-state index in [0.29, 0.717) is 22.7 Å². The fourth-order valence-electron chi connectivity index (χ4n) is 3.73. The van der Waals surface area contributed by atoms with Crippen LogP contribution in [0.15, 0.2) is 102 Å². The first-order valence-electron chi connectivity index (χ1n) is 12.0. The predicted molar refractivity (Wildman–Crippen MR) is 153 cm³/mol. The Bertz CT molecular complexity index is 1380. The summed E-state index contributed by atoms with van der Waals surface area (Å²) in [6.45, 7) is 6.27. The van der Waals surface area contributed by atoms with Crippen molar-refractivity contribution in [1.29, 1.82) is 0 Å². The minimum absolute atomic E-state index is 0.0316. The van der Waals surface area contributed by atoms with Crippen molar-refractivity contribution in [2.75, 3.05) is 17.2 Å². The molecule has 0 saturated heterocycles. The molecule has 0 fully saturated rings. The molecule has 37 heavy (non-hydrogen) atoms. The summed E-state index contributed by atoms with van der Waals surface area (Å²) in [4.78, 5) is 25.0. The van der Waals surface area contributed by atoms with Gasteiger partial charge in [-0.3, -0.25) is 9.59 Å². The number of nitrogens with one attached hydrogen (secondary N) is 2. The molecule has 0 aliphatic heterocycles. The van der Waals surface area contributed by atoms with Gasteiger partial charge in [0.25, 0.3) is 11.8 Å². The van der Waals surface area contributed by atoms with Gasteiger partial charge in [-0.05, 0) is 86.6 Å². The number of rotatable bonds is 7. The van der Waals surface area contributed by atoms with Gasteiger partial charge in [-0.2, -0.15) is 0 Å². The second-order valence-electron chi connectivity index (χ2n) is 9.71. The quantitative estimate of drug-likeness (QED) is 0.245. The molecule has 0 unspecified atom stereocenters. The molecule has 0 saturated carbocycles. The predicted octanol–water partition coefficient (Wildman–Crippen LogP) is 7.68. The molecule has 6 heteroatoms. The van der Waals surface area contributed by atoms with E-state index in [-0.39, 0.29) is 23.8 Å². The van der Waals surface area contributed by atoms with Crippen LogP contribution < -0.4 is 15.4 Å². The zero-order valence-electron chi connectivity index (χ0n) is 21.0. The molecule has 0 heterocycles. The zero-order chi connectivity index (χ0) is 26.4. The number of carbonyl (C=O) groups is 2. The molecular formula is C31H29BrN2O3. The Morgan fingerprint density at radius 1 is 0.757 bits per heavy atom. The molecule has 5 nitrogen and oxygen atoms in total. The van der Waals surface area contributed by atoms with E-state index < -0.39 is 0 Å². The van der Waals surface area contributed by atoms with Crippen LogP contribution in [0, 0.1) is 0 Å². The SMILES string of the molecule is CC(C)(C)c1ccc(C(=O)Nc2ccc(NC(=O)COc3ccc(-c4ccccc4)cc3Br)cc2)cc1. The molecule has 4 aromatic rings. The van der Waals surface area contributed by atoms with E-state index in [9.17, 15) is 9.59 Å². The highest BCUT2D eigenvalue weighted by Crippen LogP contribution is 2.30. The van der Waals surface area contributed by atoms with Crippen molar-refractivity contribution in [2.45, 2.75) is 26.2 Å². The summed E-state index contributed by atoms with van der Waals surface area (Å²) in [7, 11) is 0. The summed E-state index contributed by atoms with van der Waals surface area (Å²) in [5.74, 6) is 0.118. The van der Waals surface area contributed by atoms with E-state index in [1.165, 1.54) is 5.56 Å². The van der Waals surface area contributed by atoms with E-state index in [2.05, 4.69) is 47.3 Å². The fraction of sp³-hybridized carbons (Fsp3) is 0.161. The summed E-state index contributed by atoms with van der Waals surface area (Å²) in [5.41, 5.74) is 5.20. The number of benzene rings is 4. The van der Waals surface area contributed by atoms with Crippen LogP contribution in [-0.4, -0.2) is 18.4 Å². The van der Waals surface area contributed by atoms with Crippen LogP contribution in [0.2, 0.25) is 0 Å². The van der Waals surface area contributed by atoms with Gasteiger partial charge in [0.05, 0.1) is 4.47 Å². The monoisotopic (exact) mass is 556 g/mol. The highest BCUT2D eigenvalue weighted by Gasteiger charge is 2.14. The lowest BCUT2D eigenvalue weighted by molar-refractivity contribution is -0.118. The van der Waals surface area contributed by atoms with Gasteiger partial charge >= 0.3 is 0 Å². The molecule has 4 rings (SSSR count). The number of hydrogen-bond donors (Lipinski definition) is 2. The van der Waals surface area contributed by atoms with E-state index >= 15 is 0 Å². The smallest absolute Gasteiger partial charge is 0.262 e. The minimum Gasteiger partial charge on any atom is -0.483 e. The largest absolute Gasteiger partial charge is 0.483 e.